The zero-order valence-corrected chi connectivity index (χ0v) is 17.5. The van der Waals surface area contributed by atoms with E-state index >= 15 is 0 Å². The number of rotatable bonds is 3. The predicted molar refractivity (Wildman–Crippen MR) is 116 cm³/mol. The van der Waals surface area contributed by atoms with Gasteiger partial charge in [-0.2, -0.15) is 0 Å². The molecule has 6 nitrogen and oxygen atoms in total. The number of benzene rings is 2. The standard InChI is InChI=1S/C21H22BrN5O/c1-14-13-15(22)7-8-16(14)25-21(28)19-20(27-11-9-26(2)10-12-27)24-18-6-4-3-5-17(18)23-19/h3-8,13H,9-12H2,1-2H3,(H,25,28). The number of aromatic nitrogens is 2. The second-order valence-electron chi connectivity index (χ2n) is 7.09. The lowest BCUT2D eigenvalue weighted by Gasteiger charge is -2.33. The van der Waals surface area contributed by atoms with Crippen LogP contribution in [-0.4, -0.2) is 54.0 Å². The number of hydrogen-bond donors (Lipinski definition) is 1. The summed E-state index contributed by atoms with van der Waals surface area (Å²) in [4.78, 5) is 27.1. The lowest BCUT2D eigenvalue weighted by atomic mass is 10.2. The molecule has 1 amide bonds. The molecule has 7 heteroatoms. The maximum absolute atomic E-state index is 13.2. The molecule has 1 saturated heterocycles. The smallest absolute Gasteiger partial charge is 0.278 e. The molecular formula is C21H22BrN5O. The van der Waals surface area contributed by atoms with Gasteiger partial charge in [0.2, 0.25) is 0 Å². The number of likely N-dealkylation sites (N-methyl/N-ethyl adjacent to an activating group) is 1. The van der Waals surface area contributed by atoms with E-state index in [1.165, 1.54) is 0 Å². The number of hydrogen-bond acceptors (Lipinski definition) is 5. The lowest BCUT2D eigenvalue weighted by Crippen LogP contribution is -2.45. The zero-order valence-electron chi connectivity index (χ0n) is 15.9. The Hall–Kier alpha value is -2.51. The summed E-state index contributed by atoms with van der Waals surface area (Å²) in [6.07, 6.45) is 0. The third-order valence-electron chi connectivity index (χ3n) is 5.01. The molecular weight excluding hydrogens is 418 g/mol. The van der Waals surface area contributed by atoms with Crippen LogP contribution in [0, 0.1) is 6.92 Å². The molecule has 0 radical (unpaired) electrons. The molecule has 4 rings (SSSR count). The molecule has 0 spiro atoms. The Balaban J connectivity index is 1.73. The lowest BCUT2D eigenvalue weighted by molar-refractivity contribution is 0.102. The molecule has 144 valence electrons. The third kappa shape index (κ3) is 3.86. The molecule has 2 aromatic carbocycles. The summed E-state index contributed by atoms with van der Waals surface area (Å²) in [6.45, 7) is 5.47. The number of fused-ring (bicyclic) bond motifs is 1. The van der Waals surface area contributed by atoms with Gasteiger partial charge in [0, 0.05) is 36.3 Å². The van der Waals surface area contributed by atoms with Gasteiger partial charge in [-0.1, -0.05) is 28.1 Å². The van der Waals surface area contributed by atoms with Gasteiger partial charge in [-0.15, -0.1) is 0 Å². The van der Waals surface area contributed by atoms with Crippen molar-refractivity contribution in [1.29, 1.82) is 0 Å². The molecule has 1 N–H and O–H groups in total. The van der Waals surface area contributed by atoms with Gasteiger partial charge in [0.15, 0.2) is 11.5 Å². The van der Waals surface area contributed by atoms with Gasteiger partial charge in [-0.3, -0.25) is 4.79 Å². The largest absolute Gasteiger partial charge is 0.352 e. The number of aryl methyl sites for hydroxylation is 1. The Kier molecular flexibility index (Phi) is 5.28. The average molecular weight is 440 g/mol. The first-order valence-corrected chi connectivity index (χ1v) is 10.1. The van der Waals surface area contributed by atoms with Crippen molar-refractivity contribution in [3.05, 3.63) is 58.2 Å². The molecule has 1 aliphatic rings. The summed E-state index contributed by atoms with van der Waals surface area (Å²) in [7, 11) is 2.10. The first kappa shape index (κ1) is 18.8. The van der Waals surface area contributed by atoms with Crippen molar-refractivity contribution < 1.29 is 4.79 Å². The van der Waals surface area contributed by atoms with Gasteiger partial charge in [-0.05, 0) is 49.9 Å². The van der Waals surface area contributed by atoms with Crippen LogP contribution in [0.2, 0.25) is 0 Å². The first-order chi connectivity index (χ1) is 13.5. The van der Waals surface area contributed by atoms with E-state index in [2.05, 4.69) is 43.1 Å². The zero-order chi connectivity index (χ0) is 19.7. The molecule has 0 unspecified atom stereocenters. The van der Waals surface area contributed by atoms with E-state index in [9.17, 15) is 4.79 Å². The molecule has 0 atom stereocenters. The maximum Gasteiger partial charge on any atom is 0.278 e. The number of anilines is 2. The third-order valence-corrected chi connectivity index (χ3v) is 5.50. The molecule has 2 heterocycles. The Morgan fingerprint density at radius 3 is 2.39 bits per heavy atom. The van der Waals surface area contributed by atoms with E-state index in [1.807, 2.05) is 49.4 Å². The van der Waals surface area contributed by atoms with Gasteiger partial charge < -0.3 is 15.1 Å². The van der Waals surface area contributed by atoms with Crippen LogP contribution in [0.1, 0.15) is 16.1 Å². The minimum absolute atomic E-state index is 0.238. The number of carbonyl (C=O) groups excluding carboxylic acids is 1. The van der Waals surface area contributed by atoms with Gasteiger partial charge in [0.25, 0.3) is 5.91 Å². The van der Waals surface area contributed by atoms with E-state index in [1.54, 1.807) is 0 Å². The quantitative estimate of drug-likeness (QED) is 0.673. The summed E-state index contributed by atoms with van der Waals surface area (Å²) in [5.41, 5.74) is 3.64. The topological polar surface area (TPSA) is 61.4 Å². The number of amides is 1. The van der Waals surface area contributed by atoms with Gasteiger partial charge >= 0.3 is 0 Å². The van der Waals surface area contributed by atoms with Crippen molar-refractivity contribution in [3.63, 3.8) is 0 Å². The van der Waals surface area contributed by atoms with E-state index < -0.39 is 0 Å². The SMILES string of the molecule is Cc1cc(Br)ccc1NC(=O)c1nc2ccccc2nc1N1CCN(C)CC1. The van der Waals surface area contributed by atoms with Gasteiger partial charge in [0.05, 0.1) is 11.0 Å². The van der Waals surface area contributed by atoms with E-state index in [-0.39, 0.29) is 5.91 Å². The van der Waals surface area contributed by atoms with Crippen LogP contribution >= 0.6 is 15.9 Å². The van der Waals surface area contributed by atoms with E-state index in [0.717, 1.165) is 52.9 Å². The first-order valence-electron chi connectivity index (χ1n) is 9.29. The summed E-state index contributed by atoms with van der Waals surface area (Å²) in [5.74, 6) is 0.414. The normalized spacial score (nSPS) is 15.0. The van der Waals surface area contributed by atoms with Gasteiger partial charge in [-0.25, -0.2) is 9.97 Å². The minimum Gasteiger partial charge on any atom is -0.352 e. The summed E-state index contributed by atoms with van der Waals surface area (Å²) >= 11 is 3.46. The highest BCUT2D eigenvalue weighted by molar-refractivity contribution is 9.10. The molecule has 0 aliphatic carbocycles. The molecule has 0 saturated carbocycles. The van der Waals surface area contributed by atoms with Crippen molar-refractivity contribution >= 4 is 44.4 Å². The highest BCUT2D eigenvalue weighted by Crippen LogP contribution is 2.25. The minimum atomic E-state index is -0.238. The number of piperazine rings is 1. The maximum atomic E-state index is 13.2. The second kappa shape index (κ2) is 7.85. The van der Waals surface area contributed by atoms with Crippen molar-refractivity contribution in [2.24, 2.45) is 0 Å². The monoisotopic (exact) mass is 439 g/mol. The molecule has 28 heavy (non-hydrogen) atoms. The van der Waals surface area contributed by atoms with E-state index in [4.69, 9.17) is 4.98 Å². The van der Waals surface area contributed by atoms with Gasteiger partial charge in [0.1, 0.15) is 0 Å². The van der Waals surface area contributed by atoms with Crippen LogP contribution in [0.3, 0.4) is 0 Å². The number of carbonyl (C=O) groups is 1. The highest BCUT2D eigenvalue weighted by Gasteiger charge is 2.24. The molecule has 1 fully saturated rings. The Morgan fingerprint density at radius 1 is 1.04 bits per heavy atom. The summed E-state index contributed by atoms with van der Waals surface area (Å²) in [6, 6.07) is 13.4. The Morgan fingerprint density at radius 2 is 1.71 bits per heavy atom. The predicted octanol–water partition coefficient (Wildman–Crippen LogP) is 3.70. The van der Waals surface area contributed by atoms with Crippen LogP contribution in [0.5, 0.6) is 0 Å². The average Bonchev–Trinajstić information content (AvgIpc) is 2.69. The fraction of sp³-hybridized carbons (Fsp3) is 0.286. The number of nitrogens with one attached hydrogen (secondary N) is 1. The van der Waals surface area contributed by atoms with Crippen LogP contribution in [0.15, 0.2) is 46.9 Å². The fourth-order valence-electron chi connectivity index (χ4n) is 3.33. The van der Waals surface area contributed by atoms with Crippen LogP contribution < -0.4 is 10.2 Å². The summed E-state index contributed by atoms with van der Waals surface area (Å²) < 4.78 is 0.978. The molecule has 1 aromatic heterocycles. The number of nitrogens with zero attached hydrogens (tertiary/aromatic N) is 4. The van der Waals surface area contributed by atoms with Crippen molar-refractivity contribution in [2.45, 2.75) is 6.92 Å². The highest BCUT2D eigenvalue weighted by atomic mass is 79.9. The van der Waals surface area contributed by atoms with Crippen LogP contribution in [0.25, 0.3) is 11.0 Å². The van der Waals surface area contributed by atoms with Crippen molar-refractivity contribution in [1.82, 2.24) is 14.9 Å². The van der Waals surface area contributed by atoms with Crippen molar-refractivity contribution in [2.75, 3.05) is 43.4 Å². The Labute approximate surface area is 172 Å². The van der Waals surface area contributed by atoms with Crippen LogP contribution in [0.4, 0.5) is 11.5 Å². The molecule has 1 aliphatic heterocycles. The Bertz CT molecular complexity index is 1030. The van der Waals surface area contributed by atoms with E-state index in [0.29, 0.717) is 11.5 Å². The van der Waals surface area contributed by atoms with Crippen molar-refractivity contribution in [3.8, 4) is 0 Å². The number of halogens is 1. The summed E-state index contributed by atoms with van der Waals surface area (Å²) in [5, 5.41) is 3.01. The fourth-order valence-corrected chi connectivity index (χ4v) is 3.81. The molecule has 0 bridgehead atoms. The number of para-hydroxylation sites is 2. The second-order valence-corrected chi connectivity index (χ2v) is 8.00. The molecule has 3 aromatic rings. The van der Waals surface area contributed by atoms with Crippen LogP contribution in [-0.2, 0) is 0 Å².